The van der Waals surface area contributed by atoms with Gasteiger partial charge in [-0.3, -0.25) is 0 Å². The lowest BCUT2D eigenvalue weighted by Gasteiger charge is -2.09. The first kappa shape index (κ1) is 13.4. The SMILES string of the molecule is Cc1ccc(Cl)c(Oc2c(CBr)c(C)nn2C)c1. The van der Waals surface area contributed by atoms with Crippen LogP contribution in [-0.4, -0.2) is 9.78 Å². The van der Waals surface area contributed by atoms with E-state index < -0.39 is 0 Å². The van der Waals surface area contributed by atoms with Crippen LogP contribution in [0.4, 0.5) is 0 Å². The topological polar surface area (TPSA) is 27.1 Å². The number of alkyl halides is 1. The number of ether oxygens (including phenoxy) is 1. The highest BCUT2D eigenvalue weighted by molar-refractivity contribution is 9.08. The first-order chi connectivity index (χ1) is 8.52. The molecule has 3 nitrogen and oxygen atoms in total. The highest BCUT2D eigenvalue weighted by atomic mass is 79.9. The van der Waals surface area contributed by atoms with Gasteiger partial charge in [-0.1, -0.05) is 33.6 Å². The monoisotopic (exact) mass is 328 g/mol. The van der Waals surface area contributed by atoms with E-state index in [1.54, 1.807) is 4.68 Å². The maximum Gasteiger partial charge on any atom is 0.221 e. The Morgan fingerprint density at radius 1 is 1.39 bits per heavy atom. The highest BCUT2D eigenvalue weighted by Crippen LogP contribution is 2.33. The molecule has 0 fully saturated rings. The minimum Gasteiger partial charge on any atom is -0.437 e. The number of aromatic nitrogens is 2. The van der Waals surface area contributed by atoms with Crippen molar-refractivity contribution in [3.63, 3.8) is 0 Å². The van der Waals surface area contributed by atoms with Crippen molar-refractivity contribution < 1.29 is 4.74 Å². The molecule has 0 aliphatic rings. The van der Waals surface area contributed by atoms with Gasteiger partial charge in [-0.05, 0) is 31.5 Å². The zero-order chi connectivity index (χ0) is 13.3. The molecule has 0 atom stereocenters. The van der Waals surface area contributed by atoms with E-state index in [4.69, 9.17) is 16.3 Å². The Balaban J connectivity index is 2.42. The fourth-order valence-electron chi connectivity index (χ4n) is 1.76. The Morgan fingerprint density at radius 2 is 2.11 bits per heavy atom. The molecule has 0 bridgehead atoms. The molecule has 0 unspecified atom stereocenters. The maximum absolute atomic E-state index is 6.13. The summed E-state index contributed by atoms with van der Waals surface area (Å²) < 4.78 is 7.63. The van der Waals surface area contributed by atoms with E-state index in [1.165, 1.54) is 0 Å². The van der Waals surface area contributed by atoms with Crippen LogP contribution in [0.3, 0.4) is 0 Å². The molecule has 0 amide bonds. The molecule has 1 aromatic carbocycles. The minimum atomic E-state index is 0.597. The van der Waals surface area contributed by atoms with Crippen LogP contribution in [0.5, 0.6) is 11.6 Å². The van der Waals surface area contributed by atoms with Crippen LogP contribution >= 0.6 is 27.5 Å². The molecule has 0 aliphatic carbocycles. The van der Waals surface area contributed by atoms with E-state index in [-0.39, 0.29) is 0 Å². The molecule has 1 heterocycles. The number of benzene rings is 1. The van der Waals surface area contributed by atoms with Gasteiger partial charge in [-0.25, -0.2) is 4.68 Å². The summed E-state index contributed by atoms with van der Waals surface area (Å²) in [6.45, 7) is 3.96. The van der Waals surface area contributed by atoms with Gasteiger partial charge in [-0.15, -0.1) is 0 Å². The number of halogens is 2. The normalized spacial score (nSPS) is 10.7. The fourth-order valence-corrected chi connectivity index (χ4v) is 2.56. The fraction of sp³-hybridized carbons (Fsp3) is 0.308. The van der Waals surface area contributed by atoms with E-state index in [9.17, 15) is 0 Å². The number of hydrogen-bond donors (Lipinski definition) is 0. The zero-order valence-corrected chi connectivity index (χ0v) is 12.8. The molecule has 0 saturated heterocycles. The standard InChI is InChI=1S/C13H14BrClN2O/c1-8-4-5-11(15)12(6-8)18-13-10(7-14)9(2)16-17(13)3/h4-6H,7H2,1-3H3. The summed E-state index contributed by atoms with van der Waals surface area (Å²) in [7, 11) is 1.86. The average molecular weight is 330 g/mol. The average Bonchev–Trinajstić information content (AvgIpc) is 2.58. The van der Waals surface area contributed by atoms with Crippen molar-refractivity contribution in [3.05, 3.63) is 40.0 Å². The molecule has 0 saturated carbocycles. The van der Waals surface area contributed by atoms with E-state index in [1.807, 2.05) is 39.1 Å². The summed E-state index contributed by atoms with van der Waals surface area (Å²) >= 11 is 9.59. The van der Waals surface area contributed by atoms with Gasteiger partial charge in [0.05, 0.1) is 10.7 Å². The van der Waals surface area contributed by atoms with Crippen molar-refractivity contribution in [1.29, 1.82) is 0 Å². The van der Waals surface area contributed by atoms with Gasteiger partial charge in [0, 0.05) is 17.9 Å². The Hall–Kier alpha value is -1.00. The summed E-state index contributed by atoms with van der Waals surface area (Å²) in [5.41, 5.74) is 3.09. The molecule has 2 aromatic rings. The molecule has 96 valence electrons. The first-order valence-electron chi connectivity index (χ1n) is 5.55. The Labute approximate surface area is 120 Å². The largest absolute Gasteiger partial charge is 0.437 e. The van der Waals surface area contributed by atoms with Crippen LogP contribution in [0, 0.1) is 13.8 Å². The zero-order valence-electron chi connectivity index (χ0n) is 10.5. The van der Waals surface area contributed by atoms with Crippen LogP contribution < -0.4 is 4.74 Å². The molecule has 2 rings (SSSR count). The van der Waals surface area contributed by atoms with Gasteiger partial charge in [0.25, 0.3) is 0 Å². The summed E-state index contributed by atoms with van der Waals surface area (Å²) in [5, 5.41) is 5.65. The number of nitrogens with zero attached hydrogens (tertiary/aromatic N) is 2. The van der Waals surface area contributed by atoms with Crippen molar-refractivity contribution in [2.24, 2.45) is 7.05 Å². The lowest BCUT2D eigenvalue weighted by Crippen LogP contribution is -1.97. The number of aryl methyl sites for hydroxylation is 3. The summed E-state index contributed by atoms with van der Waals surface area (Å²) in [6.07, 6.45) is 0. The Morgan fingerprint density at radius 3 is 2.78 bits per heavy atom. The molecule has 0 radical (unpaired) electrons. The highest BCUT2D eigenvalue weighted by Gasteiger charge is 2.15. The predicted octanol–water partition coefficient (Wildman–Crippen LogP) is 4.38. The molecule has 0 N–H and O–H groups in total. The minimum absolute atomic E-state index is 0.597. The van der Waals surface area contributed by atoms with Crippen molar-refractivity contribution >= 4 is 27.5 Å². The van der Waals surface area contributed by atoms with Crippen LogP contribution in [0.25, 0.3) is 0 Å². The Bertz CT molecular complexity index is 581. The molecule has 1 aromatic heterocycles. The van der Waals surface area contributed by atoms with Gasteiger partial charge in [-0.2, -0.15) is 5.10 Å². The molecular weight excluding hydrogens is 316 g/mol. The molecule has 5 heteroatoms. The molecule has 0 spiro atoms. The van der Waals surface area contributed by atoms with Gasteiger partial charge in [0.1, 0.15) is 5.75 Å². The van der Waals surface area contributed by atoms with Crippen LogP contribution in [-0.2, 0) is 12.4 Å². The van der Waals surface area contributed by atoms with Crippen LogP contribution in [0.2, 0.25) is 5.02 Å². The predicted molar refractivity (Wildman–Crippen MR) is 76.8 cm³/mol. The van der Waals surface area contributed by atoms with Crippen LogP contribution in [0.1, 0.15) is 16.8 Å². The van der Waals surface area contributed by atoms with E-state index in [0.29, 0.717) is 16.1 Å². The summed E-state index contributed by atoms with van der Waals surface area (Å²) in [5.74, 6) is 1.37. The summed E-state index contributed by atoms with van der Waals surface area (Å²) in [4.78, 5) is 0. The third kappa shape index (κ3) is 2.54. The lowest BCUT2D eigenvalue weighted by molar-refractivity contribution is 0.427. The Kier molecular flexibility index (Phi) is 3.97. The van der Waals surface area contributed by atoms with Crippen molar-refractivity contribution in [2.45, 2.75) is 19.2 Å². The van der Waals surface area contributed by atoms with Crippen molar-refractivity contribution in [2.75, 3.05) is 0 Å². The van der Waals surface area contributed by atoms with Gasteiger partial charge >= 0.3 is 0 Å². The van der Waals surface area contributed by atoms with Gasteiger partial charge in [0.15, 0.2) is 0 Å². The molecule has 18 heavy (non-hydrogen) atoms. The third-order valence-corrected chi connectivity index (χ3v) is 3.59. The second-order valence-corrected chi connectivity index (χ2v) is 5.13. The lowest BCUT2D eigenvalue weighted by atomic mass is 10.2. The van der Waals surface area contributed by atoms with E-state index in [2.05, 4.69) is 21.0 Å². The van der Waals surface area contributed by atoms with E-state index in [0.717, 1.165) is 22.7 Å². The van der Waals surface area contributed by atoms with E-state index >= 15 is 0 Å². The quantitative estimate of drug-likeness (QED) is 0.782. The first-order valence-corrected chi connectivity index (χ1v) is 7.05. The second kappa shape index (κ2) is 5.33. The number of hydrogen-bond acceptors (Lipinski definition) is 2. The van der Waals surface area contributed by atoms with Crippen LogP contribution in [0.15, 0.2) is 18.2 Å². The second-order valence-electron chi connectivity index (χ2n) is 4.16. The number of rotatable bonds is 3. The van der Waals surface area contributed by atoms with Gasteiger partial charge < -0.3 is 4.74 Å². The maximum atomic E-state index is 6.13. The van der Waals surface area contributed by atoms with Gasteiger partial charge in [0.2, 0.25) is 5.88 Å². The third-order valence-electron chi connectivity index (χ3n) is 2.72. The summed E-state index contributed by atoms with van der Waals surface area (Å²) in [6, 6.07) is 5.71. The molecular formula is C13H14BrClN2O. The van der Waals surface area contributed by atoms with Crippen molar-refractivity contribution in [3.8, 4) is 11.6 Å². The smallest absolute Gasteiger partial charge is 0.221 e. The van der Waals surface area contributed by atoms with Crippen molar-refractivity contribution in [1.82, 2.24) is 9.78 Å². The molecule has 0 aliphatic heterocycles.